The van der Waals surface area contributed by atoms with Gasteiger partial charge < -0.3 is 9.30 Å². The Morgan fingerprint density at radius 1 is 1.57 bits per heavy atom. The van der Waals surface area contributed by atoms with Crippen molar-refractivity contribution in [2.45, 2.75) is 33.2 Å². The Labute approximate surface area is 126 Å². The highest BCUT2D eigenvalue weighted by molar-refractivity contribution is 5.72. The molecule has 0 aliphatic carbocycles. The Balaban J connectivity index is 2.03. The number of rotatable bonds is 4. The summed E-state index contributed by atoms with van der Waals surface area (Å²) in [7, 11) is 1.91. The van der Waals surface area contributed by atoms with E-state index >= 15 is 0 Å². The molecule has 5 nitrogen and oxygen atoms in total. The van der Waals surface area contributed by atoms with Crippen LogP contribution in [0.2, 0.25) is 0 Å². The lowest BCUT2D eigenvalue weighted by Gasteiger charge is -2.31. The standard InChI is InChI=1S/C16H23N3O2/c1-4-21-16(20)13-6-5-7-19(10-13)11-14-8-15(9-17)18(3)12(14)2/h8,13H,4-7,10-11H2,1-3H3/t13-/m1/s1. The number of carbonyl (C=O) groups excluding carboxylic acids is 1. The smallest absolute Gasteiger partial charge is 0.310 e. The van der Waals surface area contributed by atoms with E-state index in [0.29, 0.717) is 12.3 Å². The van der Waals surface area contributed by atoms with Gasteiger partial charge in [0.05, 0.1) is 12.5 Å². The van der Waals surface area contributed by atoms with Crippen molar-refractivity contribution in [3.8, 4) is 6.07 Å². The monoisotopic (exact) mass is 289 g/mol. The van der Waals surface area contributed by atoms with E-state index in [2.05, 4.69) is 11.0 Å². The van der Waals surface area contributed by atoms with Crippen molar-refractivity contribution < 1.29 is 9.53 Å². The van der Waals surface area contributed by atoms with Crippen LogP contribution in [0, 0.1) is 24.2 Å². The second-order valence-electron chi connectivity index (χ2n) is 5.64. The SMILES string of the molecule is CCOC(=O)[C@@H]1CCCN(Cc2cc(C#N)n(C)c2C)C1. The number of hydrogen-bond acceptors (Lipinski definition) is 4. The molecule has 21 heavy (non-hydrogen) atoms. The van der Waals surface area contributed by atoms with Crippen LogP contribution in [0.25, 0.3) is 0 Å². The molecule has 1 aromatic heterocycles. The summed E-state index contributed by atoms with van der Waals surface area (Å²) in [4.78, 5) is 14.2. The zero-order chi connectivity index (χ0) is 15.4. The van der Waals surface area contributed by atoms with Crippen LogP contribution in [0.15, 0.2) is 6.07 Å². The van der Waals surface area contributed by atoms with Crippen LogP contribution < -0.4 is 0 Å². The van der Waals surface area contributed by atoms with Crippen LogP contribution in [-0.4, -0.2) is 35.1 Å². The maximum absolute atomic E-state index is 11.9. The van der Waals surface area contributed by atoms with E-state index in [-0.39, 0.29) is 11.9 Å². The third-order valence-electron chi connectivity index (χ3n) is 4.27. The first kappa shape index (κ1) is 15.6. The summed E-state index contributed by atoms with van der Waals surface area (Å²) in [5, 5.41) is 9.09. The topological polar surface area (TPSA) is 58.3 Å². The minimum atomic E-state index is -0.0790. The number of esters is 1. The van der Waals surface area contributed by atoms with Gasteiger partial charge in [-0.2, -0.15) is 5.26 Å². The van der Waals surface area contributed by atoms with Gasteiger partial charge in [0.25, 0.3) is 0 Å². The molecule has 0 spiro atoms. The highest BCUT2D eigenvalue weighted by Gasteiger charge is 2.27. The van der Waals surface area contributed by atoms with Gasteiger partial charge in [0.2, 0.25) is 0 Å². The molecule has 1 fully saturated rings. The van der Waals surface area contributed by atoms with Crippen molar-refractivity contribution in [2.24, 2.45) is 13.0 Å². The van der Waals surface area contributed by atoms with Crippen molar-refractivity contribution in [1.82, 2.24) is 9.47 Å². The molecule has 0 unspecified atom stereocenters. The molecule has 1 atom stereocenters. The van der Waals surface area contributed by atoms with Gasteiger partial charge >= 0.3 is 5.97 Å². The second-order valence-corrected chi connectivity index (χ2v) is 5.64. The number of nitrogens with zero attached hydrogens (tertiary/aromatic N) is 3. The van der Waals surface area contributed by atoms with Crippen molar-refractivity contribution in [3.05, 3.63) is 23.0 Å². The number of ether oxygens (including phenoxy) is 1. The summed E-state index contributed by atoms with van der Waals surface area (Å²) in [6.45, 7) is 6.84. The van der Waals surface area contributed by atoms with E-state index in [1.165, 1.54) is 5.56 Å². The minimum absolute atomic E-state index is 0.0156. The molecule has 1 aliphatic heterocycles. The number of nitriles is 1. The number of carbonyl (C=O) groups is 1. The summed E-state index contributed by atoms with van der Waals surface area (Å²) >= 11 is 0. The Morgan fingerprint density at radius 3 is 2.95 bits per heavy atom. The van der Waals surface area contributed by atoms with Gasteiger partial charge in [0, 0.05) is 25.8 Å². The number of likely N-dealkylation sites (tertiary alicyclic amines) is 1. The largest absolute Gasteiger partial charge is 0.466 e. The summed E-state index contributed by atoms with van der Waals surface area (Å²) in [6, 6.07) is 4.16. The van der Waals surface area contributed by atoms with E-state index in [4.69, 9.17) is 10.00 Å². The average molecular weight is 289 g/mol. The summed E-state index contributed by atoms with van der Waals surface area (Å²) in [6.07, 6.45) is 1.92. The molecule has 1 aliphatic rings. The molecule has 0 radical (unpaired) electrons. The molecule has 1 saturated heterocycles. The number of piperidine rings is 1. The third-order valence-corrected chi connectivity index (χ3v) is 4.27. The molecule has 5 heteroatoms. The number of aromatic nitrogens is 1. The fourth-order valence-corrected chi connectivity index (χ4v) is 2.92. The van der Waals surface area contributed by atoms with Gasteiger partial charge in [-0.1, -0.05) is 0 Å². The lowest BCUT2D eigenvalue weighted by atomic mass is 9.98. The van der Waals surface area contributed by atoms with Gasteiger partial charge in [-0.15, -0.1) is 0 Å². The van der Waals surface area contributed by atoms with E-state index in [0.717, 1.165) is 38.2 Å². The first-order valence-corrected chi connectivity index (χ1v) is 7.51. The zero-order valence-electron chi connectivity index (χ0n) is 13.1. The Hall–Kier alpha value is -1.80. The van der Waals surface area contributed by atoms with E-state index < -0.39 is 0 Å². The molecule has 1 aromatic rings. The Morgan fingerprint density at radius 2 is 2.33 bits per heavy atom. The average Bonchev–Trinajstić information content (AvgIpc) is 2.76. The van der Waals surface area contributed by atoms with Crippen LogP contribution in [0.3, 0.4) is 0 Å². The lowest BCUT2D eigenvalue weighted by Crippen LogP contribution is -2.39. The van der Waals surface area contributed by atoms with Crippen molar-refractivity contribution in [1.29, 1.82) is 5.26 Å². The van der Waals surface area contributed by atoms with E-state index in [9.17, 15) is 4.79 Å². The molecular formula is C16H23N3O2. The van der Waals surface area contributed by atoms with Crippen LogP contribution in [0.1, 0.15) is 36.7 Å². The Bertz CT molecular complexity index is 557. The minimum Gasteiger partial charge on any atom is -0.466 e. The van der Waals surface area contributed by atoms with Crippen LogP contribution in [0.5, 0.6) is 0 Å². The maximum atomic E-state index is 11.9. The van der Waals surface area contributed by atoms with E-state index in [1.54, 1.807) is 0 Å². The molecule has 2 heterocycles. The molecule has 0 amide bonds. The number of hydrogen-bond donors (Lipinski definition) is 0. The summed E-state index contributed by atoms with van der Waals surface area (Å²) in [5.74, 6) is -0.0946. The van der Waals surface area contributed by atoms with Gasteiger partial charge in [-0.25, -0.2) is 0 Å². The van der Waals surface area contributed by atoms with Crippen LogP contribution in [-0.2, 0) is 23.1 Å². The van der Waals surface area contributed by atoms with Gasteiger partial charge in [0.1, 0.15) is 11.8 Å². The Kier molecular flexibility index (Phi) is 5.03. The predicted octanol–water partition coefficient (Wildman–Crippen LogP) is 1.98. The fourth-order valence-electron chi connectivity index (χ4n) is 2.92. The highest BCUT2D eigenvalue weighted by atomic mass is 16.5. The normalized spacial score (nSPS) is 19.2. The highest BCUT2D eigenvalue weighted by Crippen LogP contribution is 2.22. The summed E-state index contributed by atoms with van der Waals surface area (Å²) in [5.41, 5.74) is 2.96. The molecule has 0 N–H and O–H groups in total. The quantitative estimate of drug-likeness (QED) is 0.795. The van der Waals surface area contributed by atoms with Crippen LogP contribution >= 0.6 is 0 Å². The lowest BCUT2D eigenvalue weighted by molar-refractivity contribution is -0.150. The molecule has 2 rings (SSSR count). The van der Waals surface area contributed by atoms with Gasteiger partial charge in [-0.3, -0.25) is 9.69 Å². The molecular weight excluding hydrogens is 266 g/mol. The van der Waals surface area contributed by atoms with Gasteiger partial charge in [-0.05, 0) is 44.9 Å². The van der Waals surface area contributed by atoms with Gasteiger partial charge in [0.15, 0.2) is 0 Å². The van der Waals surface area contributed by atoms with Crippen LogP contribution in [0.4, 0.5) is 0 Å². The third kappa shape index (κ3) is 3.45. The second kappa shape index (κ2) is 6.77. The van der Waals surface area contributed by atoms with Crippen molar-refractivity contribution >= 4 is 5.97 Å². The van der Waals surface area contributed by atoms with E-state index in [1.807, 2.05) is 31.5 Å². The molecule has 0 bridgehead atoms. The first-order valence-electron chi connectivity index (χ1n) is 7.51. The molecule has 114 valence electrons. The molecule has 0 aromatic carbocycles. The molecule has 0 saturated carbocycles. The first-order chi connectivity index (χ1) is 10.1. The van der Waals surface area contributed by atoms with Crippen molar-refractivity contribution in [2.75, 3.05) is 19.7 Å². The predicted molar refractivity (Wildman–Crippen MR) is 79.5 cm³/mol. The summed E-state index contributed by atoms with van der Waals surface area (Å²) < 4.78 is 7.05. The fraction of sp³-hybridized carbons (Fsp3) is 0.625. The maximum Gasteiger partial charge on any atom is 0.310 e. The zero-order valence-corrected chi connectivity index (χ0v) is 13.1. The van der Waals surface area contributed by atoms with Crippen molar-refractivity contribution in [3.63, 3.8) is 0 Å².